The highest BCUT2D eigenvalue weighted by atomic mass is 32.2. The van der Waals surface area contributed by atoms with Crippen LogP contribution >= 0.6 is 0 Å². The van der Waals surface area contributed by atoms with Gasteiger partial charge in [0, 0.05) is 6.26 Å². The second-order valence-electron chi connectivity index (χ2n) is 3.66. The topological polar surface area (TPSA) is 60.4 Å². The van der Waals surface area contributed by atoms with E-state index in [9.17, 15) is 17.6 Å². The van der Waals surface area contributed by atoms with Crippen LogP contribution in [0.1, 0.15) is 17.3 Å². The molecule has 1 rings (SSSR count). The molecule has 0 bridgehead atoms. The molecule has 0 radical (unpaired) electrons. The minimum Gasteiger partial charge on any atom is -0.494 e. The van der Waals surface area contributed by atoms with Crippen molar-refractivity contribution < 1.29 is 22.3 Å². The number of methoxy groups -OCH3 is 1. The summed E-state index contributed by atoms with van der Waals surface area (Å²) in [5, 5.41) is -1.27. The van der Waals surface area contributed by atoms with Gasteiger partial charge in [-0.3, -0.25) is 4.79 Å². The van der Waals surface area contributed by atoms with Gasteiger partial charge >= 0.3 is 0 Å². The van der Waals surface area contributed by atoms with E-state index in [-0.39, 0.29) is 11.3 Å². The van der Waals surface area contributed by atoms with E-state index in [1.165, 1.54) is 32.2 Å². The molecule has 0 amide bonds. The molecule has 0 fully saturated rings. The standard InChI is InChI=1S/C11H13FO4S/c1-7(17(3,14)15)11(13)8-5-4-6-9(16-2)10(8)12/h4-7H,1-3H3. The molecule has 0 aliphatic rings. The number of carbonyl (C=O) groups excluding carboxylic acids is 1. The van der Waals surface area contributed by atoms with Crippen LogP contribution in [0.2, 0.25) is 0 Å². The maximum atomic E-state index is 13.7. The van der Waals surface area contributed by atoms with E-state index < -0.39 is 26.7 Å². The fraction of sp³-hybridized carbons (Fsp3) is 0.364. The lowest BCUT2D eigenvalue weighted by Gasteiger charge is -2.10. The average Bonchev–Trinajstić information content (AvgIpc) is 2.26. The predicted octanol–water partition coefficient (Wildman–Crippen LogP) is 1.45. The Hall–Kier alpha value is -1.43. The van der Waals surface area contributed by atoms with E-state index in [0.717, 1.165) is 6.26 Å². The zero-order chi connectivity index (χ0) is 13.2. The van der Waals surface area contributed by atoms with E-state index in [1.54, 1.807) is 0 Å². The molecule has 4 nitrogen and oxygen atoms in total. The van der Waals surface area contributed by atoms with Crippen LogP contribution in [0.5, 0.6) is 5.75 Å². The predicted molar refractivity (Wildman–Crippen MR) is 61.6 cm³/mol. The van der Waals surface area contributed by atoms with Gasteiger partial charge in [0.1, 0.15) is 5.25 Å². The van der Waals surface area contributed by atoms with Crippen molar-refractivity contribution in [1.29, 1.82) is 0 Å². The molecular formula is C11H13FO4S. The number of benzene rings is 1. The zero-order valence-corrected chi connectivity index (χ0v) is 10.5. The van der Waals surface area contributed by atoms with Crippen molar-refractivity contribution in [3.63, 3.8) is 0 Å². The smallest absolute Gasteiger partial charge is 0.183 e. The van der Waals surface area contributed by atoms with Crippen molar-refractivity contribution in [2.45, 2.75) is 12.2 Å². The van der Waals surface area contributed by atoms with Gasteiger partial charge in [-0.05, 0) is 19.1 Å². The van der Waals surface area contributed by atoms with Crippen molar-refractivity contribution in [3.8, 4) is 5.75 Å². The number of rotatable bonds is 4. The molecule has 0 aromatic heterocycles. The van der Waals surface area contributed by atoms with Crippen LogP contribution in [-0.2, 0) is 9.84 Å². The van der Waals surface area contributed by atoms with E-state index in [0.29, 0.717) is 0 Å². The summed E-state index contributed by atoms with van der Waals surface area (Å²) in [7, 11) is -2.27. The molecule has 94 valence electrons. The van der Waals surface area contributed by atoms with E-state index in [4.69, 9.17) is 4.74 Å². The highest BCUT2D eigenvalue weighted by Crippen LogP contribution is 2.22. The van der Waals surface area contributed by atoms with E-state index >= 15 is 0 Å². The summed E-state index contributed by atoms with van der Waals surface area (Å²) in [6.07, 6.45) is 0.938. The van der Waals surface area contributed by atoms with Crippen LogP contribution in [0.3, 0.4) is 0 Å². The first-order valence-corrected chi connectivity index (χ1v) is 6.80. The second kappa shape index (κ2) is 4.83. The maximum Gasteiger partial charge on any atom is 0.183 e. The van der Waals surface area contributed by atoms with Gasteiger partial charge in [-0.1, -0.05) is 6.07 Å². The van der Waals surface area contributed by atoms with Gasteiger partial charge in [-0.15, -0.1) is 0 Å². The van der Waals surface area contributed by atoms with Crippen LogP contribution in [-0.4, -0.2) is 32.8 Å². The number of ketones is 1. The van der Waals surface area contributed by atoms with Crippen molar-refractivity contribution in [1.82, 2.24) is 0 Å². The molecule has 0 aliphatic heterocycles. The fourth-order valence-corrected chi connectivity index (χ4v) is 1.79. The summed E-state index contributed by atoms with van der Waals surface area (Å²) in [6.45, 7) is 1.23. The lowest BCUT2D eigenvalue weighted by atomic mass is 10.1. The lowest BCUT2D eigenvalue weighted by Crippen LogP contribution is -2.27. The molecule has 0 heterocycles. The summed E-state index contributed by atoms with van der Waals surface area (Å²) < 4.78 is 40.9. The summed E-state index contributed by atoms with van der Waals surface area (Å²) in [6, 6.07) is 4.03. The molecule has 1 aromatic carbocycles. The molecule has 0 aliphatic carbocycles. The van der Waals surface area contributed by atoms with Gasteiger partial charge in [0.2, 0.25) is 0 Å². The van der Waals surface area contributed by atoms with Crippen LogP contribution in [0.4, 0.5) is 4.39 Å². The molecule has 6 heteroatoms. The average molecular weight is 260 g/mol. The maximum absolute atomic E-state index is 13.7. The summed E-state index contributed by atoms with van der Waals surface area (Å²) >= 11 is 0. The number of ether oxygens (including phenoxy) is 1. The molecule has 0 N–H and O–H groups in total. The number of carbonyl (C=O) groups is 1. The number of sulfone groups is 1. The Morgan fingerprint density at radius 3 is 2.47 bits per heavy atom. The molecule has 0 saturated heterocycles. The van der Waals surface area contributed by atoms with Crippen LogP contribution in [0.15, 0.2) is 18.2 Å². The molecular weight excluding hydrogens is 247 g/mol. The van der Waals surface area contributed by atoms with Gasteiger partial charge in [-0.2, -0.15) is 0 Å². The quantitative estimate of drug-likeness (QED) is 0.769. The summed E-state index contributed by atoms with van der Waals surface area (Å²) in [5.41, 5.74) is -0.276. The Morgan fingerprint density at radius 2 is 2.00 bits per heavy atom. The van der Waals surface area contributed by atoms with Crippen molar-refractivity contribution in [2.24, 2.45) is 0 Å². The largest absolute Gasteiger partial charge is 0.494 e. The first-order chi connectivity index (χ1) is 7.79. The number of halogens is 1. The Kier molecular flexibility index (Phi) is 3.87. The SMILES string of the molecule is COc1cccc(C(=O)C(C)S(C)(=O)=O)c1F. The second-order valence-corrected chi connectivity index (χ2v) is 6.02. The Bertz CT molecular complexity index is 536. The molecule has 17 heavy (non-hydrogen) atoms. The lowest BCUT2D eigenvalue weighted by molar-refractivity contribution is 0.0987. The minimum atomic E-state index is -3.54. The fourth-order valence-electron chi connectivity index (χ4n) is 1.27. The molecule has 0 spiro atoms. The Labute approximate surface area is 99.3 Å². The first kappa shape index (κ1) is 13.6. The third-order valence-electron chi connectivity index (χ3n) is 2.46. The van der Waals surface area contributed by atoms with Crippen LogP contribution in [0, 0.1) is 5.82 Å². The van der Waals surface area contributed by atoms with Gasteiger partial charge in [0.25, 0.3) is 0 Å². The number of hydrogen-bond donors (Lipinski definition) is 0. The first-order valence-electron chi connectivity index (χ1n) is 4.84. The van der Waals surface area contributed by atoms with Gasteiger partial charge in [-0.25, -0.2) is 12.8 Å². The Morgan fingerprint density at radius 1 is 1.41 bits per heavy atom. The van der Waals surface area contributed by atoms with Crippen LogP contribution in [0.25, 0.3) is 0 Å². The zero-order valence-electron chi connectivity index (χ0n) is 9.73. The van der Waals surface area contributed by atoms with E-state index in [1.807, 2.05) is 0 Å². The van der Waals surface area contributed by atoms with Gasteiger partial charge in [0.05, 0.1) is 12.7 Å². The van der Waals surface area contributed by atoms with Crippen molar-refractivity contribution >= 4 is 15.6 Å². The third-order valence-corrected chi connectivity index (χ3v) is 3.96. The summed E-state index contributed by atoms with van der Waals surface area (Å²) in [5.74, 6) is -1.70. The molecule has 1 aromatic rings. The van der Waals surface area contributed by atoms with E-state index in [2.05, 4.69) is 0 Å². The normalized spacial score (nSPS) is 13.2. The number of hydrogen-bond acceptors (Lipinski definition) is 4. The molecule has 0 saturated carbocycles. The van der Waals surface area contributed by atoms with Crippen LogP contribution < -0.4 is 4.74 Å². The van der Waals surface area contributed by atoms with Gasteiger partial charge in [0.15, 0.2) is 27.2 Å². The monoisotopic (exact) mass is 260 g/mol. The number of Topliss-reactive ketones (excluding diaryl/α,β-unsaturated/α-hetero) is 1. The highest BCUT2D eigenvalue weighted by Gasteiger charge is 2.27. The highest BCUT2D eigenvalue weighted by molar-refractivity contribution is 7.92. The minimum absolute atomic E-state index is 0.0865. The third kappa shape index (κ3) is 2.82. The summed E-state index contributed by atoms with van der Waals surface area (Å²) in [4.78, 5) is 11.8. The van der Waals surface area contributed by atoms with Crippen molar-refractivity contribution in [2.75, 3.05) is 13.4 Å². The molecule has 1 atom stereocenters. The van der Waals surface area contributed by atoms with Crippen molar-refractivity contribution in [3.05, 3.63) is 29.6 Å². The Balaban J connectivity index is 3.23. The van der Waals surface area contributed by atoms with Gasteiger partial charge < -0.3 is 4.74 Å². The molecule has 1 unspecified atom stereocenters.